The van der Waals surface area contributed by atoms with E-state index in [-0.39, 0.29) is 0 Å². The van der Waals surface area contributed by atoms with Gasteiger partial charge < -0.3 is 9.80 Å². The number of unbranched alkanes of at least 4 members (excludes halogenated alkanes) is 9. The van der Waals surface area contributed by atoms with Crippen LogP contribution in [0.1, 0.15) is 71.1 Å². The van der Waals surface area contributed by atoms with E-state index < -0.39 is 0 Å². The van der Waals surface area contributed by atoms with E-state index >= 15 is 0 Å². The Morgan fingerprint density at radius 1 is 0.684 bits per heavy atom. The molecule has 0 fully saturated rings. The van der Waals surface area contributed by atoms with Crippen LogP contribution in [0.15, 0.2) is 11.9 Å². The van der Waals surface area contributed by atoms with Crippen molar-refractivity contribution in [2.45, 2.75) is 71.1 Å². The smallest absolute Gasteiger partial charge is 0.0987 e. The normalized spacial score (nSPS) is 10.4. The van der Waals surface area contributed by atoms with Gasteiger partial charge in [-0.15, -0.1) is 0 Å². The number of rotatable bonds is 12. The molecule has 0 atom stereocenters. The molecule has 0 amide bonds. The second-order valence-corrected chi connectivity index (χ2v) is 5.97. The average Bonchev–Trinajstić information content (AvgIpc) is 2.35. The first-order valence-corrected chi connectivity index (χ1v) is 8.14. The van der Waals surface area contributed by atoms with Gasteiger partial charge in [0.2, 0.25) is 0 Å². The molecule has 0 aliphatic heterocycles. The molecule has 0 aromatic heterocycles. The van der Waals surface area contributed by atoms with Crippen molar-refractivity contribution < 1.29 is 0 Å². The predicted molar refractivity (Wildman–Crippen MR) is 87.3 cm³/mol. The molecule has 2 nitrogen and oxygen atoms in total. The molecule has 0 spiro atoms. The summed E-state index contributed by atoms with van der Waals surface area (Å²) in [5.74, 6) is 1.32. The van der Waals surface area contributed by atoms with Gasteiger partial charge in [0.1, 0.15) is 0 Å². The van der Waals surface area contributed by atoms with Gasteiger partial charge in [-0.2, -0.15) is 0 Å². The molecule has 0 aliphatic rings. The molecule has 0 unspecified atom stereocenters. The Kier molecular flexibility index (Phi) is 11.9. The molecule has 0 aromatic carbocycles. The molecular formula is C17H36N2. The maximum atomic E-state index is 2.36. The van der Waals surface area contributed by atoms with Gasteiger partial charge in [-0.05, 0) is 18.9 Å². The molecule has 19 heavy (non-hydrogen) atoms. The van der Waals surface area contributed by atoms with Crippen molar-refractivity contribution in [1.29, 1.82) is 0 Å². The Balaban J connectivity index is 3.46. The molecule has 0 saturated heterocycles. The van der Waals surface area contributed by atoms with Gasteiger partial charge >= 0.3 is 0 Å². The summed E-state index contributed by atoms with van der Waals surface area (Å²) < 4.78 is 0. The van der Waals surface area contributed by atoms with Crippen molar-refractivity contribution in [3.05, 3.63) is 11.9 Å². The van der Waals surface area contributed by atoms with Crippen LogP contribution in [-0.4, -0.2) is 38.0 Å². The van der Waals surface area contributed by atoms with Crippen molar-refractivity contribution in [2.24, 2.45) is 0 Å². The fraction of sp³-hybridized carbons (Fsp3) is 0.882. The first kappa shape index (κ1) is 18.3. The lowest BCUT2D eigenvalue weighted by atomic mass is 10.1. The van der Waals surface area contributed by atoms with Crippen LogP contribution in [0.5, 0.6) is 0 Å². The van der Waals surface area contributed by atoms with Crippen molar-refractivity contribution in [1.82, 2.24) is 9.80 Å². The largest absolute Gasteiger partial charge is 0.365 e. The molecule has 114 valence electrons. The minimum atomic E-state index is 1.21. The minimum absolute atomic E-state index is 1.21. The molecule has 0 bridgehead atoms. The fourth-order valence-corrected chi connectivity index (χ4v) is 2.45. The van der Waals surface area contributed by atoms with Crippen LogP contribution in [-0.2, 0) is 0 Å². The maximum Gasteiger partial charge on any atom is 0.0987 e. The van der Waals surface area contributed by atoms with Crippen LogP contribution in [0.4, 0.5) is 0 Å². The van der Waals surface area contributed by atoms with E-state index in [1.807, 2.05) is 0 Å². The van der Waals surface area contributed by atoms with E-state index in [0.29, 0.717) is 0 Å². The van der Waals surface area contributed by atoms with Gasteiger partial charge in [-0.1, -0.05) is 58.3 Å². The lowest BCUT2D eigenvalue weighted by molar-refractivity contribution is 0.339. The van der Waals surface area contributed by atoms with Crippen LogP contribution in [0.2, 0.25) is 0 Å². The lowest BCUT2D eigenvalue weighted by Gasteiger charge is -2.24. The Bertz CT molecular complexity index is 209. The van der Waals surface area contributed by atoms with E-state index in [0.717, 1.165) is 0 Å². The van der Waals surface area contributed by atoms with E-state index in [1.54, 1.807) is 0 Å². The highest BCUT2D eigenvalue weighted by atomic mass is 15.3. The average molecular weight is 268 g/mol. The van der Waals surface area contributed by atoms with Gasteiger partial charge in [0.05, 0.1) is 5.82 Å². The van der Waals surface area contributed by atoms with E-state index in [2.05, 4.69) is 51.0 Å². The molecule has 0 radical (unpaired) electrons. The summed E-state index contributed by atoms with van der Waals surface area (Å²) in [6.07, 6.45) is 16.2. The second kappa shape index (κ2) is 12.4. The maximum absolute atomic E-state index is 2.36. The van der Waals surface area contributed by atoms with Crippen molar-refractivity contribution in [3.8, 4) is 0 Å². The zero-order chi connectivity index (χ0) is 14.5. The highest BCUT2D eigenvalue weighted by Gasteiger charge is 2.00. The number of hydrogen-bond donors (Lipinski definition) is 0. The number of nitrogens with zero attached hydrogens (tertiary/aromatic N) is 2. The third kappa shape index (κ3) is 10.9. The molecular weight excluding hydrogens is 232 g/mol. The first-order chi connectivity index (χ1) is 9.09. The molecule has 0 rings (SSSR count). The Hall–Kier alpha value is -0.660. The van der Waals surface area contributed by atoms with Crippen molar-refractivity contribution >= 4 is 0 Å². The lowest BCUT2D eigenvalue weighted by Crippen LogP contribution is -2.24. The third-order valence-corrected chi connectivity index (χ3v) is 3.55. The molecule has 2 heteroatoms. The van der Waals surface area contributed by atoms with E-state index in [4.69, 9.17) is 0 Å². The zero-order valence-corrected chi connectivity index (χ0v) is 14.0. The molecule has 0 N–H and O–H groups in total. The highest BCUT2D eigenvalue weighted by Crippen LogP contribution is 2.12. The zero-order valence-electron chi connectivity index (χ0n) is 14.0. The van der Waals surface area contributed by atoms with Gasteiger partial charge in [0, 0.05) is 28.2 Å². The predicted octanol–water partition coefficient (Wildman–Crippen LogP) is 4.87. The molecule has 0 aromatic rings. The topological polar surface area (TPSA) is 6.48 Å². The van der Waals surface area contributed by atoms with Crippen LogP contribution < -0.4 is 0 Å². The molecule has 0 saturated carbocycles. The van der Waals surface area contributed by atoms with Crippen molar-refractivity contribution in [3.63, 3.8) is 0 Å². The van der Waals surface area contributed by atoms with E-state index in [9.17, 15) is 0 Å². The molecule has 0 aliphatic carbocycles. The van der Waals surface area contributed by atoms with Gasteiger partial charge in [-0.3, -0.25) is 0 Å². The summed E-state index contributed by atoms with van der Waals surface area (Å²) in [6, 6.07) is 0. The highest BCUT2D eigenvalue weighted by molar-refractivity contribution is 4.96. The fourth-order valence-electron chi connectivity index (χ4n) is 2.45. The Morgan fingerprint density at radius 3 is 1.53 bits per heavy atom. The monoisotopic (exact) mass is 268 g/mol. The summed E-state index contributed by atoms with van der Waals surface area (Å²) in [4.78, 5) is 4.38. The van der Waals surface area contributed by atoms with Crippen LogP contribution in [0.3, 0.4) is 0 Å². The summed E-state index contributed by atoms with van der Waals surface area (Å²) in [6.45, 7) is 2.28. The standard InChI is InChI=1S/C17H36N2/c1-6-7-8-9-10-11-12-13-14-15-16-17(18(2)3)19(4)5/h16H,6-15H2,1-5H3. The molecule has 0 heterocycles. The summed E-state index contributed by atoms with van der Waals surface area (Å²) in [7, 11) is 8.45. The number of allylic oxidation sites excluding steroid dienone is 1. The van der Waals surface area contributed by atoms with Gasteiger partial charge in [0.25, 0.3) is 0 Å². The third-order valence-electron chi connectivity index (χ3n) is 3.55. The summed E-state index contributed by atoms with van der Waals surface area (Å²) >= 11 is 0. The second-order valence-electron chi connectivity index (χ2n) is 5.97. The minimum Gasteiger partial charge on any atom is -0.365 e. The Labute approximate surface area is 121 Å². The van der Waals surface area contributed by atoms with Gasteiger partial charge in [-0.25, -0.2) is 0 Å². The van der Waals surface area contributed by atoms with Crippen LogP contribution in [0, 0.1) is 0 Å². The Morgan fingerprint density at radius 2 is 1.11 bits per heavy atom. The summed E-state index contributed by atoms with van der Waals surface area (Å²) in [5, 5.41) is 0. The van der Waals surface area contributed by atoms with Crippen LogP contribution >= 0.6 is 0 Å². The quantitative estimate of drug-likeness (QED) is 0.466. The SMILES string of the molecule is CCCCCCCCCCCC=C(N(C)C)N(C)C. The van der Waals surface area contributed by atoms with E-state index in [1.165, 1.54) is 70.0 Å². The summed E-state index contributed by atoms with van der Waals surface area (Å²) in [5.41, 5.74) is 0. The first-order valence-electron chi connectivity index (χ1n) is 8.14. The van der Waals surface area contributed by atoms with Crippen LogP contribution in [0.25, 0.3) is 0 Å². The van der Waals surface area contributed by atoms with Crippen molar-refractivity contribution in [2.75, 3.05) is 28.2 Å². The van der Waals surface area contributed by atoms with Gasteiger partial charge in [0.15, 0.2) is 0 Å². The number of hydrogen-bond acceptors (Lipinski definition) is 2.